The highest BCUT2D eigenvalue weighted by molar-refractivity contribution is 5.50. The van der Waals surface area contributed by atoms with Gasteiger partial charge in [-0.1, -0.05) is 11.6 Å². The number of hydrogen-bond acceptors (Lipinski definition) is 1. The molecule has 1 aliphatic carbocycles. The van der Waals surface area contributed by atoms with E-state index in [-0.39, 0.29) is 0 Å². The van der Waals surface area contributed by atoms with Crippen molar-refractivity contribution in [2.45, 2.75) is 19.3 Å². The van der Waals surface area contributed by atoms with Crippen molar-refractivity contribution in [3.8, 4) is 0 Å². The molecule has 0 bridgehead atoms. The van der Waals surface area contributed by atoms with Crippen LogP contribution in [0.15, 0.2) is 11.6 Å². The molecule has 38 valence electrons. The molecule has 7 heavy (non-hydrogen) atoms. The molecular formula is C6H8O. The number of aldehydes is 1. The molecule has 1 rings (SSSR count). The average Bonchev–Trinajstić information content (AvgIpc) is 2.42. The van der Waals surface area contributed by atoms with Crippen molar-refractivity contribution in [1.29, 1.82) is 0 Å². The predicted molar refractivity (Wildman–Crippen MR) is 28.0 cm³/mol. The Kier molecular flexibility index (Phi) is 1.25. The lowest BCUT2D eigenvalue weighted by molar-refractivity contribution is -0.107. The minimum absolute atomic E-state index is 0.714. The highest BCUT2D eigenvalue weighted by Crippen LogP contribution is 2.22. The molecule has 0 aliphatic heterocycles. The maximum absolute atomic E-state index is 9.71. The molecule has 0 saturated carbocycles. The summed E-state index contributed by atoms with van der Waals surface area (Å²) >= 11 is 0. The maximum atomic E-state index is 9.71. The number of rotatable bonds is 3. The highest BCUT2D eigenvalue weighted by atomic mass is 16.1. The lowest BCUT2D eigenvalue weighted by Crippen LogP contribution is -1.70. The van der Waals surface area contributed by atoms with Gasteiger partial charge in [0.25, 0.3) is 0 Å². The van der Waals surface area contributed by atoms with Crippen LogP contribution >= 0.6 is 0 Å². The third-order valence-corrected chi connectivity index (χ3v) is 1.08. The van der Waals surface area contributed by atoms with E-state index in [1.165, 1.54) is 5.57 Å². The van der Waals surface area contributed by atoms with Crippen LogP contribution in [-0.4, -0.2) is 6.29 Å². The van der Waals surface area contributed by atoms with Crippen LogP contribution in [0.25, 0.3) is 0 Å². The van der Waals surface area contributed by atoms with Crippen LogP contribution < -0.4 is 0 Å². The molecule has 0 aromatic carbocycles. The van der Waals surface area contributed by atoms with Crippen LogP contribution in [0.5, 0.6) is 0 Å². The Labute approximate surface area is 43.0 Å². The molecule has 0 atom stereocenters. The first kappa shape index (κ1) is 4.57. The fraction of sp³-hybridized carbons (Fsp3) is 0.500. The quantitative estimate of drug-likeness (QED) is 0.382. The van der Waals surface area contributed by atoms with Gasteiger partial charge in [-0.25, -0.2) is 0 Å². The van der Waals surface area contributed by atoms with Crippen LogP contribution in [0.1, 0.15) is 19.3 Å². The zero-order valence-corrected chi connectivity index (χ0v) is 4.18. The van der Waals surface area contributed by atoms with E-state index in [0.29, 0.717) is 6.42 Å². The zero-order chi connectivity index (χ0) is 5.11. The SMILES string of the molecule is O=CCCC1=CC1. The van der Waals surface area contributed by atoms with Crippen molar-refractivity contribution in [1.82, 2.24) is 0 Å². The first-order valence-electron chi connectivity index (χ1n) is 2.55. The van der Waals surface area contributed by atoms with E-state index < -0.39 is 0 Å². The minimum atomic E-state index is 0.714. The van der Waals surface area contributed by atoms with Gasteiger partial charge in [0, 0.05) is 6.42 Å². The number of allylic oxidation sites excluding steroid dienone is 2. The Morgan fingerprint density at radius 1 is 1.86 bits per heavy atom. The number of hydrogen-bond donors (Lipinski definition) is 0. The molecule has 0 fully saturated rings. The third-order valence-electron chi connectivity index (χ3n) is 1.08. The Bertz CT molecular complexity index is 103. The second kappa shape index (κ2) is 1.92. The lowest BCUT2D eigenvalue weighted by atomic mass is 10.3. The van der Waals surface area contributed by atoms with Gasteiger partial charge in [-0.2, -0.15) is 0 Å². The van der Waals surface area contributed by atoms with E-state index in [1.807, 2.05) is 0 Å². The largest absolute Gasteiger partial charge is 0.303 e. The van der Waals surface area contributed by atoms with E-state index >= 15 is 0 Å². The summed E-state index contributed by atoms with van der Waals surface area (Å²) in [5, 5.41) is 0. The molecular weight excluding hydrogens is 88.1 g/mol. The van der Waals surface area contributed by atoms with Crippen LogP contribution in [0.4, 0.5) is 0 Å². The Morgan fingerprint density at radius 3 is 3.00 bits per heavy atom. The van der Waals surface area contributed by atoms with E-state index in [2.05, 4.69) is 6.08 Å². The summed E-state index contributed by atoms with van der Waals surface area (Å²) in [5.74, 6) is 0. The lowest BCUT2D eigenvalue weighted by Gasteiger charge is -1.78. The molecule has 0 unspecified atom stereocenters. The van der Waals surface area contributed by atoms with Crippen LogP contribution in [0.3, 0.4) is 0 Å². The molecule has 0 saturated heterocycles. The van der Waals surface area contributed by atoms with Crippen molar-refractivity contribution in [2.24, 2.45) is 0 Å². The fourth-order valence-electron chi connectivity index (χ4n) is 0.521. The summed E-state index contributed by atoms with van der Waals surface area (Å²) in [4.78, 5) is 9.71. The smallest absolute Gasteiger partial charge is 0.120 e. The monoisotopic (exact) mass is 96.1 g/mol. The van der Waals surface area contributed by atoms with Gasteiger partial charge in [0.05, 0.1) is 0 Å². The summed E-state index contributed by atoms with van der Waals surface area (Å²) in [6.45, 7) is 0. The van der Waals surface area contributed by atoms with Gasteiger partial charge in [-0.05, 0) is 12.8 Å². The molecule has 0 radical (unpaired) electrons. The Balaban J connectivity index is 1.99. The second-order valence-corrected chi connectivity index (χ2v) is 1.77. The molecule has 0 N–H and O–H groups in total. The van der Waals surface area contributed by atoms with E-state index in [1.54, 1.807) is 0 Å². The molecule has 1 aliphatic rings. The van der Waals surface area contributed by atoms with Crippen molar-refractivity contribution < 1.29 is 4.79 Å². The van der Waals surface area contributed by atoms with E-state index in [9.17, 15) is 4.79 Å². The fourth-order valence-corrected chi connectivity index (χ4v) is 0.521. The summed E-state index contributed by atoms with van der Waals surface area (Å²) in [6.07, 6.45) is 6.01. The second-order valence-electron chi connectivity index (χ2n) is 1.77. The maximum Gasteiger partial charge on any atom is 0.120 e. The van der Waals surface area contributed by atoms with Gasteiger partial charge in [0.15, 0.2) is 0 Å². The Morgan fingerprint density at radius 2 is 2.57 bits per heavy atom. The molecule has 0 spiro atoms. The van der Waals surface area contributed by atoms with Crippen molar-refractivity contribution >= 4 is 6.29 Å². The molecule has 0 aromatic heterocycles. The third kappa shape index (κ3) is 1.53. The summed E-state index contributed by atoms with van der Waals surface area (Å²) < 4.78 is 0. The molecule has 1 nitrogen and oxygen atoms in total. The first-order valence-corrected chi connectivity index (χ1v) is 2.55. The average molecular weight is 96.1 g/mol. The van der Waals surface area contributed by atoms with Crippen LogP contribution in [-0.2, 0) is 4.79 Å². The van der Waals surface area contributed by atoms with Gasteiger partial charge < -0.3 is 4.79 Å². The predicted octanol–water partition coefficient (Wildman–Crippen LogP) is 1.30. The normalized spacial score (nSPS) is 15.7. The van der Waals surface area contributed by atoms with E-state index in [0.717, 1.165) is 19.1 Å². The van der Waals surface area contributed by atoms with Gasteiger partial charge in [0.2, 0.25) is 0 Å². The summed E-state index contributed by atoms with van der Waals surface area (Å²) in [7, 11) is 0. The van der Waals surface area contributed by atoms with Crippen LogP contribution in [0, 0.1) is 0 Å². The molecule has 0 aromatic rings. The van der Waals surface area contributed by atoms with Crippen molar-refractivity contribution in [3.63, 3.8) is 0 Å². The van der Waals surface area contributed by atoms with Gasteiger partial charge in [-0.3, -0.25) is 0 Å². The van der Waals surface area contributed by atoms with Crippen molar-refractivity contribution in [3.05, 3.63) is 11.6 Å². The van der Waals surface area contributed by atoms with E-state index in [4.69, 9.17) is 0 Å². The molecule has 0 heterocycles. The van der Waals surface area contributed by atoms with Gasteiger partial charge >= 0.3 is 0 Å². The molecule has 1 heteroatoms. The number of carbonyl (C=O) groups excluding carboxylic acids is 1. The van der Waals surface area contributed by atoms with Crippen LogP contribution in [0.2, 0.25) is 0 Å². The van der Waals surface area contributed by atoms with Gasteiger partial charge in [-0.15, -0.1) is 0 Å². The summed E-state index contributed by atoms with van der Waals surface area (Å²) in [6, 6.07) is 0. The standard InChI is InChI=1S/C6H8O/c7-5-1-2-6-3-4-6/h3,5H,1-2,4H2. The summed E-state index contributed by atoms with van der Waals surface area (Å²) in [5.41, 5.74) is 1.45. The molecule has 0 amide bonds. The minimum Gasteiger partial charge on any atom is -0.303 e. The highest BCUT2D eigenvalue weighted by Gasteiger charge is 2.04. The first-order chi connectivity index (χ1) is 3.43. The van der Waals surface area contributed by atoms with Gasteiger partial charge in [0.1, 0.15) is 6.29 Å². The van der Waals surface area contributed by atoms with Crippen molar-refractivity contribution in [2.75, 3.05) is 0 Å². The topological polar surface area (TPSA) is 17.1 Å². The number of carbonyl (C=O) groups is 1. The zero-order valence-electron chi connectivity index (χ0n) is 4.18. The Hall–Kier alpha value is -0.590.